The number of hydrogen-bond acceptors (Lipinski definition) is 5. The van der Waals surface area contributed by atoms with E-state index in [9.17, 15) is 9.90 Å². The van der Waals surface area contributed by atoms with Crippen LogP contribution in [0.2, 0.25) is 0 Å². The molecular formula is C16H19NO4S. The van der Waals surface area contributed by atoms with Crippen molar-refractivity contribution in [2.75, 3.05) is 20.3 Å². The maximum atomic E-state index is 11.7. The van der Waals surface area contributed by atoms with E-state index in [4.69, 9.17) is 9.47 Å². The summed E-state index contributed by atoms with van der Waals surface area (Å²) in [5, 5.41) is 14.3. The lowest BCUT2D eigenvalue weighted by Gasteiger charge is -2.12. The number of methoxy groups -OCH3 is 1. The maximum absolute atomic E-state index is 11.7. The lowest BCUT2D eigenvalue weighted by atomic mass is 10.2. The molecule has 6 heteroatoms. The van der Waals surface area contributed by atoms with Crippen molar-refractivity contribution in [3.63, 3.8) is 0 Å². The van der Waals surface area contributed by atoms with Crippen LogP contribution < -0.4 is 10.1 Å². The summed E-state index contributed by atoms with van der Waals surface area (Å²) in [4.78, 5) is 12.3. The van der Waals surface area contributed by atoms with Gasteiger partial charge >= 0.3 is 0 Å². The molecule has 2 rings (SSSR count). The summed E-state index contributed by atoms with van der Waals surface area (Å²) in [6.45, 7) is 0.732. The molecule has 118 valence electrons. The van der Waals surface area contributed by atoms with Crippen molar-refractivity contribution < 1.29 is 19.4 Å². The highest BCUT2D eigenvalue weighted by Crippen LogP contribution is 2.12. The van der Waals surface area contributed by atoms with Crippen molar-refractivity contribution in [2.24, 2.45) is 0 Å². The standard InChI is InChI=1S/C16H19NO4S/c1-20-14-6-4-12(5-7-14)10-21-11-13(18)9-17-16(19)15-3-2-8-22-15/h2-8,13,18H,9-11H2,1H3,(H,17,19). The SMILES string of the molecule is COc1ccc(COCC(O)CNC(=O)c2cccs2)cc1. The zero-order valence-electron chi connectivity index (χ0n) is 12.3. The van der Waals surface area contributed by atoms with Gasteiger partial charge in [0.1, 0.15) is 5.75 Å². The molecule has 1 atom stereocenters. The van der Waals surface area contributed by atoms with Crippen LogP contribution in [-0.2, 0) is 11.3 Å². The maximum Gasteiger partial charge on any atom is 0.261 e. The van der Waals surface area contributed by atoms with Gasteiger partial charge in [0.25, 0.3) is 5.91 Å². The molecule has 0 spiro atoms. The van der Waals surface area contributed by atoms with Gasteiger partial charge in [-0.05, 0) is 29.1 Å². The molecule has 1 heterocycles. The molecule has 2 N–H and O–H groups in total. The topological polar surface area (TPSA) is 67.8 Å². The lowest BCUT2D eigenvalue weighted by molar-refractivity contribution is 0.0285. The van der Waals surface area contributed by atoms with Gasteiger partial charge in [-0.25, -0.2) is 0 Å². The van der Waals surface area contributed by atoms with Gasteiger partial charge in [0.05, 0.1) is 31.3 Å². The second-order valence-electron chi connectivity index (χ2n) is 4.70. The first-order valence-electron chi connectivity index (χ1n) is 6.89. The van der Waals surface area contributed by atoms with Gasteiger partial charge in [-0.2, -0.15) is 0 Å². The van der Waals surface area contributed by atoms with E-state index >= 15 is 0 Å². The molecule has 1 aromatic carbocycles. The first-order valence-corrected chi connectivity index (χ1v) is 7.77. The molecule has 0 saturated heterocycles. The summed E-state index contributed by atoms with van der Waals surface area (Å²) < 4.78 is 10.5. The number of carbonyl (C=O) groups excluding carboxylic acids is 1. The minimum atomic E-state index is -0.734. The highest BCUT2D eigenvalue weighted by atomic mass is 32.1. The first kappa shape index (κ1) is 16.5. The summed E-state index contributed by atoms with van der Waals surface area (Å²) in [6.07, 6.45) is -0.734. The van der Waals surface area contributed by atoms with Crippen molar-refractivity contribution in [3.8, 4) is 5.75 Å². The fourth-order valence-corrected chi connectivity index (χ4v) is 2.44. The van der Waals surface area contributed by atoms with E-state index < -0.39 is 6.10 Å². The van der Waals surface area contributed by atoms with Crippen LogP contribution in [0.5, 0.6) is 5.75 Å². The van der Waals surface area contributed by atoms with Gasteiger partial charge in [0, 0.05) is 6.54 Å². The summed E-state index contributed by atoms with van der Waals surface area (Å²) in [6, 6.07) is 11.1. The van der Waals surface area contributed by atoms with Gasteiger partial charge in [-0.1, -0.05) is 18.2 Å². The molecule has 0 radical (unpaired) electrons. The summed E-state index contributed by atoms with van der Waals surface area (Å²) in [7, 11) is 1.62. The molecule has 0 saturated carbocycles. The third-order valence-electron chi connectivity index (χ3n) is 2.98. The molecule has 1 amide bonds. The van der Waals surface area contributed by atoms with Crippen LogP contribution >= 0.6 is 11.3 Å². The number of rotatable bonds is 8. The fraction of sp³-hybridized carbons (Fsp3) is 0.312. The molecule has 1 aromatic heterocycles. The first-order chi connectivity index (χ1) is 10.7. The monoisotopic (exact) mass is 321 g/mol. The summed E-state index contributed by atoms with van der Waals surface area (Å²) in [5.41, 5.74) is 0.996. The Labute approximate surface area is 133 Å². The quantitative estimate of drug-likeness (QED) is 0.781. The molecule has 0 aliphatic rings. The van der Waals surface area contributed by atoms with E-state index in [1.807, 2.05) is 35.7 Å². The third-order valence-corrected chi connectivity index (χ3v) is 3.85. The summed E-state index contributed by atoms with van der Waals surface area (Å²) in [5.74, 6) is 0.615. The van der Waals surface area contributed by atoms with E-state index in [-0.39, 0.29) is 19.1 Å². The normalized spacial score (nSPS) is 11.9. The molecule has 1 unspecified atom stereocenters. The number of carbonyl (C=O) groups is 1. The van der Waals surface area contributed by atoms with E-state index in [0.717, 1.165) is 11.3 Å². The van der Waals surface area contributed by atoms with E-state index in [1.165, 1.54) is 11.3 Å². The smallest absolute Gasteiger partial charge is 0.261 e. The van der Waals surface area contributed by atoms with Gasteiger partial charge in [-0.3, -0.25) is 4.79 Å². The van der Waals surface area contributed by atoms with Gasteiger partial charge in [0.15, 0.2) is 0 Å². The lowest BCUT2D eigenvalue weighted by Crippen LogP contribution is -2.34. The minimum Gasteiger partial charge on any atom is -0.497 e. The van der Waals surface area contributed by atoms with Crippen molar-refractivity contribution >= 4 is 17.2 Å². The fourth-order valence-electron chi connectivity index (χ4n) is 1.80. The van der Waals surface area contributed by atoms with Crippen LogP contribution in [-0.4, -0.2) is 37.4 Å². The van der Waals surface area contributed by atoms with Crippen molar-refractivity contribution in [3.05, 3.63) is 52.2 Å². The Morgan fingerprint density at radius 2 is 2.09 bits per heavy atom. The van der Waals surface area contributed by atoms with Crippen LogP contribution in [0.15, 0.2) is 41.8 Å². The Morgan fingerprint density at radius 3 is 2.73 bits per heavy atom. The molecular weight excluding hydrogens is 302 g/mol. The van der Waals surface area contributed by atoms with Crippen molar-refractivity contribution in [2.45, 2.75) is 12.7 Å². The molecule has 0 aliphatic heterocycles. The van der Waals surface area contributed by atoms with E-state index in [0.29, 0.717) is 11.5 Å². The number of amides is 1. The predicted molar refractivity (Wildman–Crippen MR) is 85.3 cm³/mol. The molecule has 0 bridgehead atoms. The van der Waals surface area contributed by atoms with E-state index in [2.05, 4.69) is 5.32 Å². The summed E-state index contributed by atoms with van der Waals surface area (Å²) >= 11 is 1.37. The Kier molecular flexibility index (Phi) is 6.39. The molecule has 0 fully saturated rings. The van der Waals surface area contributed by atoms with Crippen molar-refractivity contribution in [1.82, 2.24) is 5.32 Å². The second kappa shape index (κ2) is 8.53. The largest absolute Gasteiger partial charge is 0.497 e. The average molecular weight is 321 g/mol. The number of ether oxygens (including phenoxy) is 2. The highest BCUT2D eigenvalue weighted by Gasteiger charge is 2.09. The number of hydrogen-bond donors (Lipinski definition) is 2. The Bertz CT molecular complexity index is 568. The number of thiophene rings is 1. The van der Waals surface area contributed by atoms with Gasteiger partial charge < -0.3 is 19.9 Å². The van der Waals surface area contributed by atoms with Gasteiger partial charge in [0.2, 0.25) is 0 Å². The molecule has 2 aromatic rings. The van der Waals surface area contributed by atoms with E-state index in [1.54, 1.807) is 13.2 Å². The van der Waals surface area contributed by atoms with Crippen LogP contribution in [0.4, 0.5) is 0 Å². The minimum absolute atomic E-state index is 0.163. The van der Waals surface area contributed by atoms with Crippen LogP contribution in [0, 0.1) is 0 Å². The number of benzene rings is 1. The molecule has 5 nitrogen and oxygen atoms in total. The highest BCUT2D eigenvalue weighted by molar-refractivity contribution is 7.12. The Morgan fingerprint density at radius 1 is 1.32 bits per heavy atom. The van der Waals surface area contributed by atoms with Crippen molar-refractivity contribution in [1.29, 1.82) is 0 Å². The Hall–Kier alpha value is -1.89. The van der Waals surface area contributed by atoms with Crippen LogP contribution in [0.1, 0.15) is 15.2 Å². The zero-order valence-corrected chi connectivity index (χ0v) is 13.1. The number of aliphatic hydroxyl groups excluding tert-OH is 1. The van der Waals surface area contributed by atoms with Crippen LogP contribution in [0.25, 0.3) is 0 Å². The third kappa shape index (κ3) is 5.14. The predicted octanol–water partition coefficient (Wildman–Crippen LogP) is 2.06. The number of nitrogens with one attached hydrogen (secondary N) is 1. The molecule has 22 heavy (non-hydrogen) atoms. The Balaban J connectivity index is 1.64. The number of aliphatic hydroxyl groups is 1. The zero-order chi connectivity index (χ0) is 15.8. The molecule has 0 aliphatic carbocycles. The van der Waals surface area contributed by atoms with Gasteiger partial charge in [-0.15, -0.1) is 11.3 Å². The van der Waals surface area contributed by atoms with Crippen LogP contribution in [0.3, 0.4) is 0 Å². The average Bonchev–Trinajstić information content (AvgIpc) is 3.08. The second-order valence-corrected chi connectivity index (χ2v) is 5.65.